The molecular weight excluding hydrogens is 336 g/mol. The van der Waals surface area contributed by atoms with Crippen LogP contribution in [0.2, 0.25) is 5.02 Å². The minimum atomic E-state index is -3.60. The minimum Gasteiger partial charge on any atom is -0.361 e. The van der Waals surface area contributed by atoms with Crippen LogP contribution in [-0.4, -0.2) is 24.4 Å². The zero-order valence-corrected chi connectivity index (χ0v) is 14.7. The lowest BCUT2D eigenvalue weighted by atomic mass is 10.0. The second-order valence-corrected chi connectivity index (χ2v) is 8.02. The molecule has 7 heteroatoms. The number of benzene rings is 1. The standard InChI is InChI=1S/C16H19ClN2O3S/c1-3-15-16(11(2)18-22-15)14-8-5-9-19(14)23(20,21)13-7-4-6-12(17)10-13/h4,6-7,10,14H,3,5,8-9H2,1-2H3. The average Bonchev–Trinajstić information content (AvgIpc) is 3.13. The number of aryl methyl sites for hydroxylation is 2. The Morgan fingerprint density at radius 2 is 2.22 bits per heavy atom. The molecule has 0 amide bonds. The monoisotopic (exact) mass is 354 g/mol. The second-order valence-electron chi connectivity index (χ2n) is 5.69. The van der Waals surface area contributed by atoms with Gasteiger partial charge in [0.2, 0.25) is 10.0 Å². The van der Waals surface area contributed by atoms with Crippen LogP contribution in [0.5, 0.6) is 0 Å². The first kappa shape index (κ1) is 16.5. The van der Waals surface area contributed by atoms with E-state index in [1.54, 1.807) is 22.5 Å². The molecule has 1 aromatic heterocycles. The van der Waals surface area contributed by atoms with Gasteiger partial charge in [-0.25, -0.2) is 8.42 Å². The van der Waals surface area contributed by atoms with Gasteiger partial charge in [0.1, 0.15) is 5.76 Å². The summed E-state index contributed by atoms with van der Waals surface area (Å²) in [5.74, 6) is 0.765. The van der Waals surface area contributed by atoms with Crippen LogP contribution in [0, 0.1) is 6.92 Å². The van der Waals surface area contributed by atoms with Gasteiger partial charge in [0.25, 0.3) is 0 Å². The van der Waals surface area contributed by atoms with Gasteiger partial charge in [-0.3, -0.25) is 0 Å². The van der Waals surface area contributed by atoms with Gasteiger partial charge < -0.3 is 4.52 Å². The normalized spacial score (nSPS) is 19.3. The first-order valence-corrected chi connectivity index (χ1v) is 9.49. The highest BCUT2D eigenvalue weighted by Crippen LogP contribution is 2.39. The van der Waals surface area contributed by atoms with E-state index >= 15 is 0 Å². The summed E-state index contributed by atoms with van der Waals surface area (Å²) in [6.07, 6.45) is 2.28. The fourth-order valence-corrected chi connectivity index (χ4v) is 5.15. The molecule has 1 saturated heterocycles. The predicted octanol–water partition coefficient (Wildman–Crippen LogP) is 3.72. The van der Waals surface area contributed by atoms with Crippen molar-refractivity contribution in [2.24, 2.45) is 0 Å². The van der Waals surface area contributed by atoms with Crippen molar-refractivity contribution < 1.29 is 12.9 Å². The fraction of sp³-hybridized carbons (Fsp3) is 0.438. The van der Waals surface area contributed by atoms with E-state index in [0.717, 1.165) is 29.9 Å². The molecule has 0 aliphatic carbocycles. The van der Waals surface area contributed by atoms with Crippen LogP contribution >= 0.6 is 11.6 Å². The summed E-state index contributed by atoms with van der Waals surface area (Å²) >= 11 is 5.96. The Bertz CT molecular complexity index is 816. The molecule has 0 N–H and O–H groups in total. The molecule has 2 heterocycles. The van der Waals surface area contributed by atoms with E-state index in [0.29, 0.717) is 18.0 Å². The van der Waals surface area contributed by atoms with E-state index in [1.165, 1.54) is 6.07 Å². The van der Waals surface area contributed by atoms with Crippen molar-refractivity contribution in [2.75, 3.05) is 6.54 Å². The van der Waals surface area contributed by atoms with E-state index in [1.807, 2.05) is 13.8 Å². The van der Waals surface area contributed by atoms with Gasteiger partial charge in [-0.1, -0.05) is 29.7 Å². The number of sulfonamides is 1. The summed E-state index contributed by atoms with van der Waals surface area (Å²) in [6, 6.07) is 6.18. The summed E-state index contributed by atoms with van der Waals surface area (Å²) in [7, 11) is -3.60. The molecule has 5 nitrogen and oxygen atoms in total. The molecule has 1 aromatic carbocycles. The van der Waals surface area contributed by atoms with Gasteiger partial charge in [-0.2, -0.15) is 4.31 Å². The van der Waals surface area contributed by atoms with Crippen molar-refractivity contribution in [3.8, 4) is 0 Å². The Labute approximate surface area is 141 Å². The van der Waals surface area contributed by atoms with Crippen LogP contribution in [0.4, 0.5) is 0 Å². The van der Waals surface area contributed by atoms with Crippen LogP contribution in [0.3, 0.4) is 0 Å². The lowest BCUT2D eigenvalue weighted by molar-refractivity contribution is 0.368. The number of rotatable bonds is 4. The maximum Gasteiger partial charge on any atom is 0.243 e. The predicted molar refractivity (Wildman–Crippen MR) is 87.9 cm³/mol. The first-order valence-electron chi connectivity index (χ1n) is 7.67. The number of aromatic nitrogens is 1. The molecule has 1 aliphatic rings. The Morgan fingerprint density at radius 3 is 2.91 bits per heavy atom. The molecular formula is C16H19ClN2O3S. The van der Waals surface area contributed by atoms with Crippen LogP contribution in [0.15, 0.2) is 33.7 Å². The zero-order chi connectivity index (χ0) is 16.6. The van der Waals surface area contributed by atoms with Crippen molar-refractivity contribution >= 4 is 21.6 Å². The molecule has 1 aliphatic heterocycles. The summed E-state index contributed by atoms with van der Waals surface area (Å²) in [5, 5.41) is 4.43. The third-order valence-electron chi connectivity index (χ3n) is 4.24. The van der Waals surface area contributed by atoms with E-state index in [9.17, 15) is 8.42 Å². The van der Waals surface area contributed by atoms with Crippen LogP contribution < -0.4 is 0 Å². The SMILES string of the molecule is CCc1onc(C)c1C1CCCN1S(=O)(=O)c1cccc(Cl)c1. The van der Waals surface area contributed by atoms with Crippen LogP contribution in [-0.2, 0) is 16.4 Å². The van der Waals surface area contributed by atoms with E-state index in [-0.39, 0.29) is 10.9 Å². The Hall–Kier alpha value is -1.37. The highest BCUT2D eigenvalue weighted by Gasteiger charge is 2.39. The molecule has 0 spiro atoms. The second kappa shape index (κ2) is 6.26. The third-order valence-corrected chi connectivity index (χ3v) is 6.38. The maximum absolute atomic E-state index is 13.0. The highest BCUT2D eigenvalue weighted by atomic mass is 35.5. The summed E-state index contributed by atoms with van der Waals surface area (Å²) in [5.41, 5.74) is 1.68. The molecule has 0 saturated carbocycles. The third kappa shape index (κ3) is 2.91. The largest absolute Gasteiger partial charge is 0.361 e. The van der Waals surface area contributed by atoms with E-state index in [4.69, 9.17) is 16.1 Å². The Morgan fingerprint density at radius 1 is 1.43 bits per heavy atom. The maximum atomic E-state index is 13.0. The van der Waals surface area contributed by atoms with Crippen molar-refractivity contribution in [3.63, 3.8) is 0 Å². The van der Waals surface area contributed by atoms with Crippen molar-refractivity contribution in [3.05, 3.63) is 46.3 Å². The van der Waals surface area contributed by atoms with Crippen LogP contribution in [0.25, 0.3) is 0 Å². The van der Waals surface area contributed by atoms with Gasteiger partial charge in [-0.15, -0.1) is 0 Å². The van der Waals surface area contributed by atoms with Crippen LogP contribution in [0.1, 0.15) is 42.8 Å². The Kier molecular flexibility index (Phi) is 4.49. The quantitative estimate of drug-likeness (QED) is 0.839. The minimum absolute atomic E-state index is 0.222. The molecule has 0 bridgehead atoms. The van der Waals surface area contributed by atoms with Crippen molar-refractivity contribution in [1.29, 1.82) is 0 Å². The van der Waals surface area contributed by atoms with Gasteiger partial charge in [0.15, 0.2) is 0 Å². The smallest absolute Gasteiger partial charge is 0.243 e. The number of hydrogen-bond donors (Lipinski definition) is 0. The summed E-state index contributed by atoms with van der Waals surface area (Å²) in [4.78, 5) is 0.226. The topological polar surface area (TPSA) is 63.4 Å². The van der Waals surface area contributed by atoms with Crippen molar-refractivity contribution in [1.82, 2.24) is 9.46 Å². The molecule has 0 radical (unpaired) electrons. The van der Waals surface area contributed by atoms with Gasteiger partial charge >= 0.3 is 0 Å². The molecule has 1 fully saturated rings. The number of nitrogens with zero attached hydrogens (tertiary/aromatic N) is 2. The van der Waals surface area contributed by atoms with Crippen molar-refractivity contribution in [2.45, 2.75) is 44.0 Å². The molecule has 1 atom stereocenters. The fourth-order valence-electron chi connectivity index (χ4n) is 3.18. The zero-order valence-electron chi connectivity index (χ0n) is 13.1. The first-order chi connectivity index (χ1) is 10.9. The molecule has 3 rings (SSSR count). The number of halogens is 1. The van der Waals surface area contributed by atoms with Gasteiger partial charge in [0, 0.05) is 23.6 Å². The molecule has 2 aromatic rings. The lowest BCUT2D eigenvalue weighted by Crippen LogP contribution is -2.31. The van der Waals surface area contributed by atoms with Gasteiger partial charge in [-0.05, 0) is 38.0 Å². The van der Waals surface area contributed by atoms with Gasteiger partial charge in [0.05, 0.1) is 16.6 Å². The number of hydrogen-bond acceptors (Lipinski definition) is 4. The van der Waals surface area contributed by atoms with E-state index < -0.39 is 10.0 Å². The highest BCUT2D eigenvalue weighted by molar-refractivity contribution is 7.89. The Balaban J connectivity index is 2.03. The summed E-state index contributed by atoms with van der Waals surface area (Å²) < 4.78 is 32.9. The molecule has 124 valence electrons. The molecule has 23 heavy (non-hydrogen) atoms. The molecule has 1 unspecified atom stereocenters. The van der Waals surface area contributed by atoms with E-state index in [2.05, 4.69) is 5.16 Å². The average molecular weight is 355 g/mol. The lowest BCUT2D eigenvalue weighted by Gasteiger charge is -2.24. The summed E-state index contributed by atoms with van der Waals surface area (Å²) in [6.45, 7) is 4.34.